The first-order chi connectivity index (χ1) is 9.65. The molecule has 1 unspecified atom stereocenters. The Kier molecular flexibility index (Phi) is 5.79. The van der Waals surface area contributed by atoms with Gasteiger partial charge in [-0.2, -0.15) is 0 Å². The molecule has 2 rings (SSSR count). The molecule has 0 aromatic carbocycles. The number of carboxylic acid groups (broad SMARTS) is 1. The molecule has 0 radical (unpaired) electrons. The highest BCUT2D eigenvalue weighted by atomic mass is 16.5. The summed E-state index contributed by atoms with van der Waals surface area (Å²) in [4.78, 5) is 26.7. The third-order valence-corrected chi connectivity index (χ3v) is 4.00. The molecular formula is C14H24N2O4. The van der Waals surface area contributed by atoms with Crippen LogP contribution in [0.4, 0.5) is 0 Å². The molecule has 6 nitrogen and oxygen atoms in total. The van der Waals surface area contributed by atoms with Crippen molar-refractivity contribution in [3.63, 3.8) is 0 Å². The number of carbonyl (C=O) groups is 2. The normalized spacial score (nSPS) is 24.6. The summed E-state index contributed by atoms with van der Waals surface area (Å²) in [5.41, 5.74) is 0. The minimum absolute atomic E-state index is 0.0674. The number of carbonyl (C=O) groups excluding carboxylic acids is 1. The number of hydrogen-bond donors (Lipinski definition) is 1. The first-order valence-electron chi connectivity index (χ1n) is 7.48. The third-order valence-electron chi connectivity index (χ3n) is 4.00. The maximum absolute atomic E-state index is 12.2. The van der Waals surface area contributed by atoms with Crippen molar-refractivity contribution in [3.8, 4) is 0 Å². The Morgan fingerprint density at radius 1 is 1.15 bits per heavy atom. The fraction of sp³-hybridized carbons (Fsp3) is 0.857. The zero-order valence-corrected chi connectivity index (χ0v) is 11.9. The van der Waals surface area contributed by atoms with Crippen molar-refractivity contribution < 1.29 is 19.4 Å². The number of ether oxygens (including phenoxy) is 1. The van der Waals surface area contributed by atoms with Crippen molar-refractivity contribution in [2.45, 2.75) is 38.2 Å². The molecule has 0 spiro atoms. The van der Waals surface area contributed by atoms with Crippen LogP contribution in [0.15, 0.2) is 0 Å². The molecule has 114 valence electrons. The summed E-state index contributed by atoms with van der Waals surface area (Å²) in [6.45, 7) is 3.67. The Hall–Kier alpha value is -1.14. The Morgan fingerprint density at radius 2 is 2.00 bits per heavy atom. The summed E-state index contributed by atoms with van der Waals surface area (Å²) in [7, 11) is 0. The minimum atomic E-state index is -0.803. The van der Waals surface area contributed by atoms with Crippen LogP contribution in [0.25, 0.3) is 0 Å². The van der Waals surface area contributed by atoms with Gasteiger partial charge >= 0.3 is 5.97 Å². The highest BCUT2D eigenvalue weighted by molar-refractivity contribution is 5.76. The minimum Gasteiger partial charge on any atom is -0.480 e. The largest absolute Gasteiger partial charge is 0.480 e. The molecule has 0 aliphatic carbocycles. The maximum Gasteiger partial charge on any atom is 0.317 e. The van der Waals surface area contributed by atoms with Gasteiger partial charge in [0, 0.05) is 39.2 Å². The van der Waals surface area contributed by atoms with Gasteiger partial charge in [0.25, 0.3) is 0 Å². The first-order valence-corrected chi connectivity index (χ1v) is 7.48. The summed E-state index contributed by atoms with van der Waals surface area (Å²) < 4.78 is 5.53. The van der Waals surface area contributed by atoms with Crippen LogP contribution in [0, 0.1) is 0 Å². The van der Waals surface area contributed by atoms with E-state index in [9.17, 15) is 9.59 Å². The van der Waals surface area contributed by atoms with Gasteiger partial charge in [-0.1, -0.05) is 0 Å². The number of rotatable bonds is 5. The second-order valence-electron chi connectivity index (χ2n) is 5.58. The molecule has 20 heavy (non-hydrogen) atoms. The third kappa shape index (κ3) is 4.76. The Labute approximate surface area is 119 Å². The highest BCUT2D eigenvalue weighted by Crippen LogP contribution is 2.17. The van der Waals surface area contributed by atoms with Crippen molar-refractivity contribution in [1.82, 2.24) is 9.80 Å². The fourth-order valence-corrected chi connectivity index (χ4v) is 2.88. The number of aliphatic carboxylic acids is 1. The molecule has 2 fully saturated rings. The predicted octanol–water partition coefficient (Wildman–Crippen LogP) is 0.564. The standard InChI is InChI=1S/C14H24N2O4/c17-13(5-4-12-3-1-10-20-12)16-7-2-6-15(8-9-16)11-14(18)19/h12H,1-11H2,(H,18,19). The van der Waals surface area contributed by atoms with Crippen LogP contribution in [0.2, 0.25) is 0 Å². The molecule has 1 amide bonds. The number of amides is 1. The van der Waals surface area contributed by atoms with E-state index in [1.54, 1.807) is 0 Å². The molecule has 2 aliphatic rings. The van der Waals surface area contributed by atoms with Gasteiger partial charge in [-0.3, -0.25) is 14.5 Å². The van der Waals surface area contributed by atoms with E-state index in [0.29, 0.717) is 19.5 Å². The SMILES string of the molecule is O=C(O)CN1CCCN(C(=O)CCC2CCCO2)CC1. The van der Waals surface area contributed by atoms with Crippen LogP contribution in [0.5, 0.6) is 0 Å². The lowest BCUT2D eigenvalue weighted by Gasteiger charge is -2.21. The van der Waals surface area contributed by atoms with E-state index in [4.69, 9.17) is 9.84 Å². The average molecular weight is 284 g/mol. The zero-order valence-electron chi connectivity index (χ0n) is 11.9. The van der Waals surface area contributed by atoms with E-state index >= 15 is 0 Å². The number of nitrogens with zero attached hydrogens (tertiary/aromatic N) is 2. The molecule has 0 bridgehead atoms. The maximum atomic E-state index is 12.2. The predicted molar refractivity (Wildman–Crippen MR) is 73.5 cm³/mol. The smallest absolute Gasteiger partial charge is 0.317 e. The van der Waals surface area contributed by atoms with Crippen molar-refractivity contribution in [2.24, 2.45) is 0 Å². The van der Waals surface area contributed by atoms with Gasteiger partial charge in [-0.05, 0) is 25.7 Å². The van der Waals surface area contributed by atoms with Crippen LogP contribution in [0.1, 0.15) is 32.1 Å². The summed E-state index contributed by atoms with van der Waals surface area (Å²) in [5.74, 6) is -0.624. The quantitative estimate of drug-likeness (QED) is 0.799. The molecule has 1 atom stereocenters. The van der Waals surface area contributed by atoms with E-state index in [1.807, 2.05) is 9.80 Å². The highest BCUT2D eigenvalue weighted by Gasteiger charge is 2.22. The lowest BCUT2D eigenvalue weighted by Crippen LogP contribution is -2.36. The van der Waals surface area contributed by atoms with E-state index in [0.717, 1.165) is 45.4 Å². The van der Waals surface area contributed by atoms with Crippen molar-refractivity contribution >= 4 is 11.9 Å². The summed E-state index contributed by atoms with van der Waals surface area (Å²) in [6, 6.07) is 0. The summed E-state index contributed by atoms with van der Waals surface area (Å²) >= 11 is 0. The summed E-state index contributed by atoms with van der Waals surface area (Å²) in [6.07, 6.45) is 4.64. The molecular weight excluding hydrogens is 260 g/mol. The Balaban J connectivity index is 1.71. The first kappa shape index (κ1) is 15.3. The van der Waals surface area contributed by atoms with E-state index < -0.39 is 5.97 Å². The monoisotopic (exact) mass is 284 g/mol. The van der Waals surface area contributed by atoms with Crippen molar-refractivity contribution in [2.75, 3.05) is 39.3 Å². The molecule has 0 saturated carbocycles. The van der Waals surface area contributed by atoms with Gasteiger partial charge in [0.2, 0.25) is 5.91 Å². The Bertz CT molecular complexity index is 342. The van der Waals surface area contributed by atoms with Crippen LogP contribution >= 0.6 is 0 Å². The zero-order chi connectivity index (χ0) is 14.4. The second-order valence-corrected chi connectivity index (χ2v) is 5.58. The molecule has 2 aliphatic heterocycles. The molecule has 2 saturated heterocycles. The van der Waals surface area contributed by atoms with Crippen molar-refractivity contribution in [3.05, 3.63) is 0 Å². The topological polar surface area (TPSA) is 70.1 Å². The van der Waals surface area contributed by atoms with Crippen molar-refractivity contribution in [1.29, 1.82) is 0 Å². The molecule has 0 aromatic heterocycles. The molecule has 0 aromatic rings. The second kappa shape index (κ2) is 7.59. The van der Waals surface area contributed by atoms with Gasteiger partial charge < -0.3 is 14.7 Å². The average Bonchev–Trinajstić information content (AvgIpc) is 2.82. The Morgan fingerprint density at radius 3 is 2.70 bits per heavy atom. The van der Waals surface area contributed by atoms with Gasteiger partial charge in [0.15, 0.2) is 0 Å². The van der Waals surface area contributed by atoms with Gasteiger partial charge in [-0.25, -0.2) is 0 Å². The van der Waals surface area contributed by atoms with Gasteiger partial charge in [-0.15, -0.1) is 0 Å². The van der Waals surface area contributed by atoms with Crippen LogP contribution < -0.4 is 0 Å². The number of carboxylic acids is 1. The van der Waals surface area contributed by atoms with E-state index in [2.05, 4.69) is 0 Å². The van der Waals surface area contributed by atoms with E-state index in [-0.39, 0.29) is 18.6 Å². The van der Waals surface area contributed by atoms with E-state index in [1.165, 1.54) is 0 Å². The molecule has 2 heterocycles. The van der Waals surface area contributed by atoms with Gasteiger partial charge in [0.1, 0.15) is 0 Å². The lowest BCUT2D eigenvalue weighted by molar-refractivity contribution is -0.138. The summed E-state index contributed by atoms with van der Waals surface area (Å²) in [5, 5.41) is 8.80. The fourth-order valence-electron chi connectivity index (χ4n) is 2.88. The molecule has 1 N–H and O–H groups in total. The molecule has 6 heteroatoms. The lowest BCUT2D eigenvalue weighted by atomic mass is 10.1. The number of hydrogen-bond acceptors (Lipinski definition) is 4. The van der Waals surface area contributed by atoms with Crippen LogP contribution in [-0.2, 0) is 14.3 Å². The van der Waals surface area contributed by atoms with Gasteiger partial charge in [0.05, 0.1) is 12.6 Å². The van der Waals surface area contributed by atoms with Crippen LogP contribution in [-0.4, -0.2) is 72.2 Å². The van der Waals surface area contributed by atoms with Crippen LogP contribution in [0.3, 0.4) is 0 Å².